The van der Waals surface area contributed by atoms with E-state index in [2.05, 4.69) is 34.2 Å². The molecule has 0 bridgehead atoms. The van der Waals surface area contributed by atoms with Crippen molar-refractivity contribution >= 4 is 27.5 Å². The second kappa shape index (κ2) is 4.74. The molecule has 1 N–H and O–H groups in total. The van der Waals surface area contributed by atoms with E-state index < -0.39 is 5.41 Å². The average Bonchev–Trinajstić information content (AvgIpc) is 2.28. The maximum atomic E-state index is 12.2. The molecule has 0 saturated heterocycles. The third-order valence-electron chi connectivity index (χ3n) is 3.48. The van der Waals surface area contributed by atoms with Crippen LogP contribution in [0.3, 0.4) is 0 Å². The zero-order chi connectivity index (χ0) is 13.3. The zero-order valence-electron chi connectivity index (χ0n) is 10.5. The van der Waals surface area contributed by atoms with Gasteiger partial charge in [0.2, 0.25) is 5.91 Å². The van der Waals surface area contributed by atoms with Crippen molar-refractivity contribution in [3.8, 4) is 6.07 Å². The van der Waals surface area contributed by atoms with Crippen LogP contribution in [0.1, 0.15) is 25.3 Å². The van der Waals surface area contributed by atoms with E-state index in [0.717, 1.165) is 15.7 Å². The van der Waals surface area contributed by atoms with Gasteiger partial charge in [-0.25, -0.2) is 0 Å². The van der Waals surface area contributed by atoms with Gasteiger partial charge in [-0.05, 0) is 49.4 Å². The van der Waals surface area contributed by atoms with Gasteiger partial charge in [-0.3, -0.25) is 4.79 Å². The van der Waals surface area contributed by atoms with Gasteiger partial charge in [-0.1, -0.05) is 22.9 Å². The molecule has 0 spiro atoms. The summed E-state index contributed by atoms with van der Waals surface area (Å²) in [4.78, 5) is 12.2. The molecular weight excluding hydrogens is 292 g/mol. The van der Waals surface area contributed by atoms with Crippen molar-refractivity contribution in [3.63, 3.8) is 0 Å². The second-order valence-electron chi connectivity index (χ2n) is 5.12. The number of anilines is 1. The molecule has 2 rings (SSSR count). The largest absolute Gasteiger partial charge is 0.324 e. The van der Waals surface area contributed by atoms with Crippen LogP contribution in [0.15, 0.2) is 22.7 Å². The highest BCUT2D eigenvalue weighted by molar-refractivity contribution is 9.10. The van der Waals surface area contributed by atoms with Crippen molar-refractivity contribution in [2.75, 3.05) is 5.32 Å². The molecule has 0 heterocycles. The van der Waals surface area contributed by atoms with Crippen LogP contribution in [0.2, 0.25) is 0 Å². The fourth-order valence-corrected chi connectivity index (χ4v) is 2.94. The van der Waals surface area contributed by atoms with E-state index in [0.29, 0.717) is 18.8 Å². The Labute approximate surface area is 115 Å². The normalized spacial score (nSPS) is 26.0. The molecule has 4 heteroatoms. The first-order valence-corrected chi connectivity index (χ1v) is 6.75. The number of nitrogens with zero attached hydrogens (tertiary/aromatic N) is 1. The second-order valence-corrected chi connectivity index (χ2v) is 6.04. The molecule has 94 valence electrons. The van der Waals surface area contributed by atoms with Gasteiger partial charge < -0.3 is 5.32 Å². The van der Waals surface area contributed by atoms with Gasteiger partial charge in [-0.2, -0.15) is 5.26 Å². The van der Waals surface area contributed by atoms with E-state index >= 15 is 0 Å². The summed E-state index contributed by atoms with van der Waals surface area (Å²) in [5.74, 6) is 0.287. The number of hydrogen-bond donors (Lipinski definition) is 1. The van der Waals surface area contributed by atoms with E-state index in [9.17, 15) is 10.1 Å². The van der Waals surface area contributed by atoms with Gasteiger partial charge in [0.15, 0.2) is 0 Å². The predicted molar refractivity (Wildman–Crippen MR) is 74.0 cm³/mol. The van der Waals surface area contributed by atoms with Gasteiger partial charge >= 0.3 is 0 Å². The predicted octanol–water partition coefficient (Wildman–Crippen LogP) is 3.64. The summed E-state index contributed by atoms with van der Waals surface area (Å²) in [6.45, 7) is 4.00. The smallest absolute Gasteiger partial charge is 0.244 e. The minimum atomic E-state index is -0.821. The average molecular weight is 307 g/mol. The Morgan fingerprint density at radius 1 is 1.56 bits per heavy atom. The summed E-state index contributed by atoms with van der Waals surface area (Å²) < 4.78 is 0.977. The lowest BCUT2D eigenvalue weighted by molar-refractivity contribution is -0.128. The number of nitrogens with one attached hydrogen (secondary N) is 1. The maximum absolute atomic E-state index is 12.2. The van der Waals surface area contributed by atoms with Crippen molar-refractivity contribution in [1.82, 2.24) is 0 Å². The van der Waals surface area contributed by atoms with Gasteiger partial charge in [-0.15, -0.1) is 0 Å². The molecular formula is C14H15BrN2O. The van der Waals surface area contributed by atoms with Crippen LogP contribution in [-0.2, 0) is 4.79 Å². The van der Waals surface area contributed by atoms with E-state index in [-0.39, 0.29) is 5.91 Å². The lowest BCUT2D eigenvalue weighted by atomic mass is 9.63. The number of benzene rings is 1. The molecule has 0 unspecified atom stereocenters. The molecule has 18 heavy (non-hydrogen) atoms. The van der Waals surface area contributed by atoms with E-state index in [1.165, 1.54) is 0 Å². The lowest BCUT2D eigenvalue weighted by Gasteiger charge is -2.39. The first kappa shape index (κ1) is 13.1. The van der Waals surface area contributed by atoms with Crippen LogP contribution in [0, 0.1) is 29.6 Å². The van der Waals surface area contributed by atoms with Crippen molar-refractivity contribution in [3.05, 3.63) is 28.2 Å². The number of halogens is 1. The van der Waals surface area contributed by atoms with Crippen LogP contribution in [0.25, 0.3) is 0 Å². The molecule has 1 aliphatic rings. The van der Waals surface area contributed by atoms with E-state index in [1.807, 2.05) is 25.1 Å². The quantitative estimate of drug-likeness (QED) is 0.907. The van der Waals surface area contributed by atoms with Crippen LogP contribution in [-0.4, -0.2) is 5.91 Å². The van der Waals surface area contributed by atoms with Crippen LogP contribution >= 0.6 is 15.9 Å². The third kappa shape index (κ3) is 2.28. The summed E-state index contributed by atoms with van der Waals surface area (Å²) in [7, 11) is 0. The summed E-state index contributed by atoms with van der Waals surface area (Å²) >= 11 is 3.38. The third-order valence-corrected chi connectivity index (χ3v) is 3.97. The molecule has 1 amide bonds. The number of hydrogen-bond acceptors (Lipinski definition) is 2. The fourth-order valence-electron chi connectivity index (χ4n) is 2.47. The monoisotopic (exact) mass is 306 g/mol. The highest BCUT2D eigenvalue weighted by Gasteiger charge is 2.48. The SMILES string of the molecule is Cc1cc(Br)ccc1NC(=O)C1(C#N)CC(C)C1. The molecule has 1 aromatic carbocycles. The Morgan fingerprint density at radius 3 is 2.72 bits per heavy atom. The van der Waals surface area contributed by atoms with Crippen molar-refractivity contribution in [1.29, 1.82) is 5.26 Å². The van der Waals surface area contributed by atoms with Crippen molar-refractivity contribution < 1.29 is 4.79 Å². The van der Waals surface area contributed by atoms with E-state index in [4.69, 9.17) is 0 Å². The Balaban J connectivity index is 2.15. The number of amides is 1. The molecule has 0 atom stereocenters. The molecule has 1 fully saturated rings. The zero-order valence-corrected chi connectivity index (χ0v) is 12.0. The number of rotatable bonds is 2. The van der Waals surface area contributed by atoms with Crippen LogP contribution < -0.4 is 5.32 Å². The Hall–Kier alpha value is -1.34. The fraction of sp³-hybridized carbons (Fsp3) is 0.429. The number of carbonyl (C=O) groups is 1. The number of carbonyl (C=O) groups excluding carboxylic acids is 1. The van der Waals surface area contributed by atoms with Crippen LogP contribution in [0.5, 0.6) is 0 Å². The first-order valence-electron chi connectivity index (χ1n) is 5.96. The highest BCUT2D eigenvalue weighted by atomic mass is 79.9. The van der Waals surface area contributed by atoms with Crippen molar-refractivity contribution in [2.24, 2.45) is 11.3 Å². The molecule has 3 nitrogen and oxygen atoms in total. The van der Waals surface area contributed by atoms with E-state index in [1.54, 1.807) is 0 Å². The standard InChI is InChI=1S/C14H15BrN2O/c1-9-6-14(7-9,8-16)13(18)17-12-4-3-11(15)5-10(12)2/h3-5,9H,6-7H2,1-2H3,(H,17,18). The summed E-state index contributed by atoms with van der Waals surface area (Å²) in [5.41, 5.74) is 0.939. The highest BCUT2D eigenvalue weighted by Crippen LogP contribution is 2.45. The molecule has 0 radical (unpaired) electrons. The molecule has 1 aliphatic carbocycles. The van der Waals surface area contributed by atoms with Crippen molar-refractivity contribution in [2.45, 2.75) is 26.7 Å². The molecule has 0 aliphatic heterocycles. The van der Waals surface area contributed by atoms with Gasteiger partial charge in [0.25, 0.3) is 0 Å². The Kier molecular flexibility index (Phi) is 3.45. The Morgan fingerprint density at radius 2 is 2.22 bits per heavy atom. The molecule has 0 aromatic heterocycles. The number of aryl methyl sites for hydroxylation is 1. The minimum Gasteiger partial charge on any atom is -0.324 e. The Bertz CT molecular complexity index is 527. The topological polar surface area (TPSA) is 52.9 Å². The molecule has 1 aromatic rings. The first-order chi connectivity index (χ1) is 8.47. The summed E-state index contributed by atoms with van der Waals surface area (Å²) in [6, 6.07) is 7.85. The minimum absolute atomic E-state index is 0.173. The summed E-state index contributed by atoms with van der Waals surface area (Å²) in [6.07, 6.45) is 1.32. The van der Waals surface area contributed by atoms with Gasteiger partial charge in [0.1, 0.15) is 5.41 Å². The van der Waals surface area contributed by atoms with Gasteiger partial charge in [0, 0.05) is 10.2 Å². The lowest BCUT2D eigenvalue weighted by Crippen LogP contribution is -2.45. The maximum Gasteiger partial charge on any atom is 0.244 e. The molecule has 1 saturated carbocycles. The summed E-state index contributed by atoms with van der Waals surface area (Å²) in [5, 5.41) is 12.1. The number of nitriles is 1. The van der Waals surface area contributed by atoms with Crippen LogP contribution in [0.4, 0.5) is 5.69 Å². The van der Waals surface area contributed by atoms with Gasteiger partial charge in [0.05, 0.1) is 6.07 Å².